The van der Waals surface area contributed by atoms with Gasteiger partial charge in [0.05, 0.1) is 24.5 Å². The van der Waals surface area contributed by atoms with Gasteiger partial charge in [0.25, 0.3) is 0 Å². The third-order valence-electron chi connectivity index (χ3n) is 5.95. The van der Waals surface area contributed by atoms with Crippen molar-refractivity contribution in [3.63, 3.8) is 0 Å². The van der Waals surface area contributed by atoms with Crippen molar-refractivity contribution in [3.8, 4) is 0 Å². The molecule has 2 atom stereocenters. The summed E-state index contributed by atoms with van der Waals surface area (Å²) in [5.74, 6) is -8.39. The highest BCUT2D eigenvalue weighted by Gasteiger charge is 2.59. The fourth-order valence-corrected chi connectivity index (χ4v) is 4.89. The molecule has 4 aliphatic carbocycles. The van der Waals surface area contributed by atoms with Gasteiger partial charge in [-0.1, -0.05) is 0 Å². The van der Waals surface area contributed by atoms with E-state index in [1.807, 2.05) is 0 Å². The maximum Gasteiger partial charge on any atom is 0.313 e. The van der Waals surface area contributed by atoms with Crippen LogP contribution in [0.2, 0.25) is 0 Å². The van der Waals surface area contributed by atoms with Gasteiger partial charge in [-0.15, -0.1) is 0 Å². The number of rotatable bonds is 5. The zero-order valence-electron chi connectivity index (χ0n) is 13.0. The zero-order valence-corrected chi connectivity index (χ0v) is 13.0. The third-order valence-corrected chi connectivity index (χ3v) is 5.95. The van der Waals surface area contributed by atoms with Gasteiger partial charge < -0.3 is 9.84 Å². The number of ether oxygens (including phenoxy) is 1. The van der Waals surface area contributed by atoms with Gasteiger partial charge in [-0.3, -0.25) is 4.79 Å². The van der Waals surface area contributed by atoms with E-state index in [1.54, 1.807) is 0 Å². The molecule has 132 valence electrons. The first-order chi connectivity index (χ1) is 10.5. The molecule has 0 spiro atoms. The summed E-state index contributed by atoms with van der Waals surface area (Å²) in [6.45, 7) is -0.547. The van der Waals surface area contributed by atoms with Gasteiger partial charge in [-0.05, 0) is 49.9 Å². The van der Waals surface area contributed by atoms with Crippen LogP contribution in [0.1, 0.15) is 45.4 Å². The van der Waals surface area contributed by atoms with E-state index < -0.39 is 42.4 Å². The first-order valence-corrected chi connectivity index (χ1v) is 8.15. The lowest BCUT2D eigenvalue weighted by molar-refractivity contribution is -0.210. The highest BCUT2D eigenvalue weighted by Crippen LogP contribution is 2.60. The Morgan fingerprint density at radius 2 is 1.74 bits per heavy atom. The van der Waals surface area contributed by atoms with Gasteiger partial charge in [0.2, 0.25) is 0 Å². The maximum absolute atomic E-state index is 13.2. The number of esters is 1. The molecule has 0 saturated heterocycles. The number of alkyl halides is 4. The normalized spacial score (nSPS) is 39.6. The fraction of sp³-hybridized carbons (Fsp3) is 0.938. The van der Waals surface area contributed by atoms with Gasteiger partial charge in [-0.2, -0.15) is 8.78 Å². The molecule has 0 aromatic carbocycles. The second-order valence-corrected chi connectivity index (χ2v) is 7.72. The van der Waals surface area contributed by atoms with Crippen LogP contribution < -0.4 is 0 Å². The van der Waals surface area contributed by atoms with E-state index in [1.165, 1.54) is 0 Å². The minimum absolute atomic E-state index is 0.0650. The third kappa shape index (κ3) is 2.85. The molecule has 23 heavy (non-hydrogen) atoms. The summed E-state index contributed by atoms with van der Waals surface area (Å²) < 4.78 is 56.9. The summed E-state index contributed by atoms with van der Waals surface area (Å²) in [5, 5.41) is 10.2. The van der Waals surface area contributed by atoms with E-state index in [2.05, 4.69) is 0 Å². The first-order valence-electron chi connectivity index (χ1n) is 8.15. The molecule has 0 amide bonds. The monoisotopic (exact) mass is 338 g/mol. The zero-order chi connectivity index (χ0) is 17.0. The molecule has 1 N–H and O–H groups in total. The number of halogens is 4. The summed E-state index contributed by atoms with van der Waals surface area (Å²) >= 11 is 0. The standard InChI is InChI=1S/C16H22F4O3/c1-14(17,18)16(19,20)2-3-23-13(22)15-6-9-4-10(7-15)12(21)11(5-9)8-15/h9-12,21H,2-8H2,1H3. The topological polar surface area (TPSA) is 46.5 Å². The van der Waals surface area contributed by atoms with Crippen molar-refractivity contribution in [2.75, 3.05) is 6.61 Å². The predicted molar refractivity (Wildman–Crippen MR) is 73.1 cm³/mol. The molecule has 0 aliphatic heterocycles. The van der Waals surface area contributed by atoms with Crippen LogP contribution in [0.5, 0.6) is 0 Å². The van der Waals surface area contributed by atoms with Gasteiger partial charge >= 0.3 is 17.8 Å². The average molecular weight is 338 g/mol. The first kappa shape index (κ1) is 17.0. The van der Waals surface area contributed by atoms with E-state index in [0.29, 0.717) is 25.2 Å². The highest BCUT2D eigenvalue weighted by atomic mass is 19.3. The summed E-state index contributed by atoms with van der Waals surface area (Å²) in [7, 11) is 0. The second-order valence-electron chi connectivity index (χ2n) is 7.72. The molecule has 4 saturated carbocycles. The lowest BCUT2D eigenvalue weighted by atomic mass is 9.48. The van der Waals surface area contributed by atoms with Crippen LogP contribution in [0.25, 0.3) is 0 Å². The van der Waals surface area contributed by atoms with E-state index in [4.69, 9.17) is 4.74 Å². The Hall–Kier alpha value is -0.850. The van der Waals surface area contributed by atoms with Gasteiger partial charge in [0.15, 0.2) is 0 Å². The van der Waals surface area contributed by atoms with Crippen LogP contribution in [0, 0.1) is 23.2 Å². The van der Waals surface area contributed by atoms with Crippen molar-refractivity contribution in [1.82, 2.24) is 0 Å². The predicted octanol–water partition coefficient (Wildman–Crippen LogP) is 3.40. The molecule has 4 rings (SSSR count). The van der Waals surface area contributed by atoms with Crippen molar-refractivity contribution in [2.45, 2.75) is 63.4 Å². The van der Waals surface area contributed by atoms with E-state index in [-0.39, 0.29) is 18.8 Å². The SMILES string of the molecule is CC(F)(F)C(F)(F)CCOC(=O)C12CC3CC(C1)C(O)C(C3)C2. The Labute approximate surface area is 132 Å². The van der Waals surface area contributed by atoms with Gasteiger partial charge in [-0.25, -0.2) is 8.78 Å². The summed E-state index contributed by atoms with van der Waals surface area (Å²) in [6.07, 6.45) is 1.90. The number of carbonyl (C=O) groups is 1. The average Bonchev–Trinajstić information content (AvgIpc) is 2.42. The second kappa shape index (κ2) is 5.33. The number of aliphatic hydroxyl groups excluding tert-OH is 1. The van der Waals surface area contributed by atoms with Gasteiger partial charge in [0.1, 0.15) is 0 Å². The van der Waals surface area contributed by atoms with Crippen molar-refractivity contribution < 1.29 is 32.2 Å². The number of carbonyl (C=O) groups excluding carboxylic acids is 1. The van der Waals surface area contributed by atoms with Crippen molar-refractivity contribution >= 4 is 5.97 Å². The molecular weight excluding hydrogens is 316 g/mol. The largest absolute Gasteiger partial charge is 0.465 e. The molecule has 7 heteroatoms. The van der Waals surface area contributed by atoms with Crippen molar-refractivity contribution in [1.29, 1.82) is 0 Å². The molecule has 4 bridgehead atoms. The Balaban J connectivity index is 1.59. The molecule has 4 fully saturated rings. The Morgan fingerprint density at radius 1 is 1.17 bits per heavy atom. The van der Waals surface area contributed by atoms with Crippen molar-refractivity contribution in [2.24, 2.45) is 23.2 Å². The van der Waals surface area contributed by atoms with Crippen LogP contribution in [0.3, 0.4) is 0 Å². The molecule has 0 aromatic heterocycles. The van der Waals surface area contributed by atoms with Gasteiger partial charge in [0, 0.05) is 6.92 Å². The van der Waals surface area contributed by atoms with E-state index in [0.717, 1.165) is 12.8 Å². The minimum atomic E-state index is -4.19. The Bertz CT molecular complexity index is 472. The van der Waals surface area contributed by atoms with Crippen LogP contribution in [-0.2, 0) is 9.53 Å². The Morgan fingerprint density at radius 3 is 2.26 bits per heavy atom. The molecule has 0 radical (unpaired) electrons. The van der Waals surface area contributed by atoms with Crippen LogP contribution in [-0.4, -0.2) is 35.6 Å². The van der Waals surface area contributed by atoms with Crippen LogP contribution in [0.15, 0.2) is 0 Å². The Kier molecular flexibility index (Phi) is 3.93. The molecular formula is C16H22F4O3. The summed E-state index contributed by atoms with van der Waals surface area (Å²) in [6, 6.07) is 0. The highest BCUT2D eigenvalue weighted by molar-refractivity contribution is 5.77. The number of hydrogen-bond donors (Lipinski definition) is 1. The van der Waals surface area contributed by atoms with Crippen LogP contribution in [0.4, 0.5) is 17.6 Å². The van der Waals surface area contributed by atoms with Crippen molar-refractivity contribution in [3.05, 3.63) is 0 Å². The summed E-state index contributed by atoms with van der Waals surface area (Å²) in [5.41, 5.74) is -0.709. The lowest BCUT2D eigenvalue weighted by Gasteiger charge is -2.57. The molecule has 3 nitrogen and oxygen atoms in total. The molecule has 0 heterocycles. The smallest absolute Gasteiger partial charge is 0.313 e. The summed E-state index contributed by atoms with van der Waals surface area (Å²) in [4.78, 5) is 12.4. The molecule has 2 unspecified atom stereocenters. The number of aliphatic hydroxyl groups is 1. The maximum atomic E-state index is 13.2. The van der Waals surface area contributed by atoms with E-state index >= 15 is 0 Å². The fourth-order valence-electron chi connectivity index (χ4n) is 4.89. The number of hydrogen-bond acceptors (Lipinski definition) is 3. The molecule has 0 aromatic rings. The minimum Gasteiger partial charge on any atom is -0.465 e. The quantitative estimate of drug-likeness (QED) is 0.617. The molecule has 4 aliphatic rings. The lowest BCUT2D eigenvalue weighted by Crippen LogP contribution is -2.56. The van der Waals surface area contributed by atoms with E-state index in [9.17, 15) is 27.5 Å². The van der Waals surface area contributed by atoms with Crippen LogP contribution >= 0.6 is 0 Å².